The monoisotopic (exact) mass is 357 g/mol. The second-order valence-corrected chi connectivity index (χ2v) is 6.19. The summed E-state index contributed by atoms with van der Waals surface area (Å²) < 4.78 is 0.875. The van der Waals surface area contributed by atoms with Gasteiger partial charge in [0.25, 0.3) is 0 Å². The lowest BCUT2D eigenvalue weighted by Crippen LogP contribution is -2.04. The van der Waals surface area contributed by atoms with Crippen LogP contribution < -0.4 is 5.32 Å². The van der Waals surface area contributed by atoms with Gasteiger partial charge >= 0.3 is 0 Å². The van der Waals surface area contributed by atoms with Gasteiger partial charge < -0.3 is 5.32 Å². The Labute approximate surface area is 130 Å². The van der Waals surface area contributed by atoms with Gasteiger partial charge in [0.1, 0.15) is 5.03 Å². The minimum absolute atomic E-state index is 0.648. The Morgan fingerprint density at radius 3 is 3.00 bits per heavy atom. The molecule has 0 aliphatic carbocycles. The van der Waals surface area contributed by atoms with E-state index in [2.05, 4.69) is 38.1 Å². The first-order chi connectivity index (χ1) is 9.19. The molecule has 19 heavy (non-hydrogen) atoms. The summed E-state index contributed by atoms with van der Waals surface area (Å²) >= 11 is 11.0. The molecule has 0 aliphatic heterocycles. The zero-order valence-electron chi connectivity index (χ0n) is 10.4. The number of anilines is 1. The summed E-state index contributed by atoms with van der Waals surface area (Å²) in [5, 5.41) is 4.77. The summed E-state index contributed by atoms with van der Waals surface area (Å²) in [7, 11) is 0. The van der Waals surface area contributed by atoms with Crippen molar-refractivity contribution in [2.75, 3.05) is 11.9 Å². The number of rotatable bonds is 5. The lowest BCUT2D eigenvalue weighted by Gasteiger charge is -2.07. The second-order valence-electron chi connectivity index (χ2n) is 3.83. The number of aromatic nitrogens is 2. The Morgan fingerprint density at radius 2 is 2.26 bits per heavy atom. The van der Waals surface area contributed by atoms with Crippen molar-refractivity contribution in [1.29, 1.82) is 0 Å². The quantitative estimate of drug-likeness (QED) is 0.774. The molecule has 0 fully saturated rings. The van der Waals surface area contributed by atoms with Crippen molar-refractivity contribution in [3.8, 4) is 0 Å². The van der Waals surface area contributed by atoms with Gasteiger partial charge in [0.2, 0.25) is 5.95 Å². The Bertz CT molecular complexity index is 565. The SMILES string of the molecule is CCCNc1ncc(Br)c(Sc2cccc(Cl)c2)n1. The zero-order valence-corrected chi connectivity index (χ0v) is 13.5. The molecule has 1 aromatic carbocycles. The normalized spacial score (nSPS) is 10.5. The number of nitrogens with zero attached hydrogens (tertiary/aromatic N) is 2. The molecule has 0 atom stereocenters. The van der Waals surface area contributed by atoms with Crippen LogP contribution in [-0.4, -0.2) is 16.5 Å². The van der Waals surface area contributed by atoms with Crippen molar-refractivity contribution in [3.05, 3.63) is 40.0 Å². The van der Waals surface area contributed by atoms with Gasteiger partial charge in [0.15, 0.2) is 0 Å². The summed E-state index contributed by atoms with van der Waals surface area (Å²) in [5.41, 5.74) is 0. The molecule has 0 radical (unpaired) electrons. The molecule has 1 aromatic heterocycles. The Kier molecular flexibility index (Phi) is 5.48. The first kappa shape index (κ1) is 14.6. The summed E-state index contributed by atoms with van der Waals surface area (Å²) in [6.07, 6.45) is 2.80. The van der Waals surface area contributed by atoms with Crippen LogP contribution in [0.15, 0.2) is 44.9 Å². The zero-order chi connectivity index (χ0) is 13.7. The average Bonchev–Trinajstić information content (AvgIpc) is 2.40. The molecular formula is C13H13BrClN3S. The molecule has 6 heteroatoms. The van der Waals surface area contributed by atoms with Crippen LogP contribution in [0.1, 0.15) is 13.3 Å². The maximum Gasteiger partial charge on any atom is 0.223 e. The van der Waals surface area contributed by atoms with E-state index >= 15 is 0 Å². The third-order valence-corrected chi connectivity index (χ3v) is 4.33. The molecule has 0 bridgehead atoms. The topological polar surface area (TPSA) is 37.8 Å². The Balaban J connectivity index is 2.19. The number of hydrogen-bond donors (Lipinski definition) is 1. The van der Waals surface area contributed by atoms with E-state index in [4.69, 9.17) is 11.6 Å². The molecule has 0 unspecified atom stereocenters. The number of hydrogen-bond acceptors (Lipinski definition) is 4. The van der Waals surface area contributed by atoms with Gasteiger partial charge in [-0.25, -0.2) is 9.97 Å². The van der Waals surface area contributed by atoms with E-state index in [1.54, 1.807) is 18.0 Å². The Morgan fingerprint density at radius 1 is 1.42 bits per heavy atom. The molecule has 0 amide bonds. The fraction of sp³-hybridized carbons (Fsp3) is 0.231. The lowest BCUT2D eigenvalue weighted by molar-refractivity contribution is 0.930. The standard InChI is InChI=1S/C13H13BrClN3S/c1-2-6-16-13-17-8-11(14)12(18-13)19-10-5-3-4-9(15)7-10/h3-5,7-8H,2,6H2,1H3,(H,16,17,18). The van der Waals surface area contributed by atoms with Crippen LogP contribution in [-0.2, 0) is 0 Å². The van der Waals surface area contributed by atoms with Crippen LogP contribution in [0.3, 0.4) is 0 Å². The van der Waals surface area contributed by atoms with E-state index in [0.29, 0.717) is 5.95 Å². The summed E-state index contributed by atoms with van der Waals surface area (Å²) in [6, 6.07) is 7.70. The molecule has 2 rings (SSSR count). The van der Waals surface area contributed by atoms with Gasteiger partial charge in [-0.2, -0.15) is 0 Å². The van der Waals surface area contributed by atoms with Gasteiger partial charge in [-0.05, 0) is 40.5 Å². The molecule has 2 aromatic rings. The number of nitrogens with one attached hydrogen (secondary N) is 1. The van der Waals surface area contributed by atoms with Crippen molar-refractivity contribution in [3.63, 3.8) is 0 Å². The van der Waals surface area contributed by atoms with Crippen molar-refractivity contribution in [1.82, 2.24) is 9.97 Å². The predicted molar refractivity (Wildman–Crippen MR) is 84.1 cm³/mol. The summed E-state index contributed by atoms with van der Waals surface area (Å²) in [4.78, 5) is 9.76. The highest BCUT2D eigenvalue weighted by atomic mass is 79.9. The maximum atomic E-state index is 5.98. The van der Waals surface area contributed by atoms with Crippen molar-refractivity contribution in [2.24, 2.45) is 0 Å². The highest BCUT2D eigenvalue weighted by Crippen LogP contribution is 2.33. The molecule has 100 valence electrons. The van der Waals surface area contributed by atoms with Crippen LogP contribution in [0.2, 0.25) is 5.02 Å². The van der Waals surface area contributed by atoms with Gasteiger partial charge in [-0.15, -0.1) is 0 Å². The van der Waals surface area contributed by atoms with E-state index in [0.717, 1.165) is 32.4 Å². The van der Waals surface area contributed by atoms with E-state index < -0.39 is 0 Å². The highest BCUT2D eigenvalue weighted by molar-refractivity contribution is 9.10. The van der Waals surface area contributed by atoms with Gasteiger partial charge in [-0.3, -0.25) is 0 Å². The molecule has 0 saturated carbocycles. The lowest BCUT2D eigenvalue weighted by atomic mass is 10.4. The third-order valence-electron chi connectivity index (χ3n) is 2.26. The van der Waals surface area contributed by atoms with Gasteiger partial charge in [-0.1, -0.05) is 36.4 Å². The van der Waals surface area contributed by atoms with E-state index in [9.17, 15) is 0 Å². The van der Waals surface area contributed by atoms with Crippen molar-refractivity contribution < 1.29 is 0 Å². The fourth-order valence-electron chi connectivity index (χ4n) is 1.39. The van der Waals surface area contributed by atoms with Crippen molar-refractivity contribution >= 4 is 45.2 Å². The van der Waals surface area contributed by atoms with E-state index in [1.807, 2.05) is 24.3 Å². The van der Waals surface area contributed by atoms with Gasteiger partial charge in [0, 0.05) is 22.7 Å². The van der Waals surface area contributed by atoms with Gasteiger partial charge in [0.05, 0.1) is 4.47 Å². The first-order valence-corrected chi connectivity index (χ1v) is 7.87. The van der Waals surface area contributed by atoms with Crippen LogP contribution in [0.4, 0.5) is 5.95 Å². The number of halogens is 2. The molecule has 0 spiro atoms. The molecule has 3 nitrogen and oxygen atoms in total. The average molecular weight is 359 g/mol. The van der Waals surface area contributed by atoms with E-state index in [-0.39, 0.29) is 0 Å². The summed E-state index contributed by atoms with van der Waals surface area (Å²) in [5.74, 6) is 0.648. The highest BCUT2D eigenvalue weighted by Gasteiger charge is 2.07. The van der Waals surface area contributed by atoms with Crippen LogP contribution in [0.25, 0.3) is 0 Å². The smallest absolute Gasteiger partial charge is 0.223 e. The number of benzene rings is 1. The second kappa shape index (κ2) is 7.12. The van der Waals surface area contributed by atoms with Crippen LogP contribution in [0.5, 0.6) is 0 Å². The molecule has 0 saturated heterocycles. The fourth-order valence-corrected chi connectivity index (χ4v) is 2.91. The molecular weight excluding hydrogens is 346 g/mol. The van der Waals surface area contributed by atoms with E-state index in [1.165, 1.54) is 0 Å². The first-order valence-electron chi connectivity index (χ1n) is 5.89. The minimum Gasteiger partial charge on any atom is -0.354 e. The molecule has 1 N–H and O–H groups in total. The minimum atomic E-state index is 0.648. The van der Waals surface area contributed by atoms with Crippen LogP contribution >= 0.6 is 39.3 Å². The molecule has 1 heterocycles. The Hall–Kier alpha value is -0.780. The third kappa shape index (κ3) is 4.37. The predicted octanol–water partition coefficient (Wildman–Crippen LogP) is 4.87. The maximum absolute atomic E-state index is 5.98. The van der Waals surface area contributed by atoms with Crippen molar-refractivity contribution in [2.45, 2.75) is 23.3 Å². The summed E-state index contributed by atoms with van der Waals surface area (Å²) in [6.45, 7) is 2.97. The largest absolute Gasteiger partial charge is 0.354 e. The molecule has 0 aliphatic rings. The van der Waals surface area contributed by atoms with Crippen LogP contribution in [0, 0.1) is 0 Å².